The van der Waals surface area contributed by atoms with Crippen LogP contribution < -0.4 is 15.2 Å². The maximum absolute atomic E-state index is 12.1. The van der Waals surface area contributed by atoms with Crippen LogP contribution in [0.1, 0.15) is 12.0 Å². The van der Waals surface area contributed by atoms with Crippen LogP contribution in [0, 0.1) is 5.92 Å². The number of carbonyl (C=O) groups is 2. The number of hydrogen-bond donors (Lipinski definition) is 1. The molecular formula is C15H18N2O4. The number of likely N-dealkylation sites (tertiary alicyclic amines) is 1. The van der Waals surface area contributed by atoms with Crippen LogP contribution in [0.3, 0.4) is 0 Å². The first-order chi connectivity index (χ1) is 10.1. The van der Waals surface area contributed by atoms with E-state index in [1.165, 1.54) is 0 Å². The molecular weight excluding hydrogens is 272 g/mol. The molecule has 6 nitrogen and oxygen atoms in total. The van der Waals surface area contributed by atoms with Crippen molar-refractivity contribution in [3.8, 4) is 11.5 Å². The highest BCUT2D eigenvalue weighted by Gasteiger charge is 2.39. The van der Waals surface area contributed by atoms with Crippen molar-refractivity contribution in [1.29, 1.82) is 0 Å². The van der Waals surface area contributed by atoms with Gasteiger partial charge in [0, 0.05) is 18.5 Å². The average Bonchev–Trinajstić information content (AvgIpc) is 2.88. The smallest absolute Gasteiger partial charge is 0.223 e. The summed E-state index contributed by atoms with van der Waals surface area (Å²) >= 11 is 0. The second kappa shape index (κ2) is 5.27. The van der Waals surface area contributed by atoms with E-state index in [9.17, 15) is 9.59 Å². The monoisotopic (exact) mass is 290 g/mol. The van der Waals surface area contributed by atoms with Gasteiger partial charge in [-0.15, -0.1) is 0 Å². The number of carbonyl (C=O) groups excluding carboxylic acids is 2. The number of fused-ring (bicyclic) bond motifs is 1. The van der Waals surface area contributed by atoms with Crippen LogP contribution in [0.4, 0.5) is 0 Å². The first-order valence-corrected chi connectivity index (χ1v) is 6.97. The molecule has 2 N–H and O–H groups in total. The average molecular weight is 290 g/mol. The number of methoxy groups -OCH3 is 1. The van der Waals surface area contributed by atoms with E-state index in [0.29, 0.717) is 25.3 Å². The third-order valence-electron chi connectivity index (χ3n) is 4.16. The first-order valence-electron chi connectivity index (χ1n) is 6.97. The minimum Gasteiger partial charge on any atom is -0.493 e. The van der Waals surface area contributed by atoms with Crippen LogP contribution in [0.25, 0.3) is 0 Å². The molecule has 1 fully saturated rings. The number of primary amides is 1. The van der Waals surface area contributed by atoms with Gasteiger partial charge in [-0.05, 0) is 12.5 Å². The van der Waals surface area contributed by atoms with Crippen LogP contribution >= 0.6 is 0 Å². The lowest BCUT2D eigenvalue weighted by Crippen LogP contribution is -2.44. The summed E-state index contributed by atoms with van der Waals surface area (Å²) in [6, 6.07) is 5.67. The van der Waals surface area contributed by atoms with Crippen molar-refractivity contribution in [2.24, 2.45) is 11.7 Å². The summed E-state index contributed by atoms with van der Waals surface area (Å²) in [4.78, 5) is 25.0. The van der Waals surface area contributed by atoms with E-state index in [1.807, 2.05) is 18.2 Å². The highest BCUT2D eigenvalue weighted by atomic mass is 16.5. The Morgan fingerprint density at radius 3 is 2.90 bits per heavy atom. The SMILES string of the molecule is COc1cccc2c1OCC(N1CC(C(N)=O)CC1=O)C2. The predicted molar refractivity (Wildman–Crippen MR) is 75.0 cm³/mol. The Balaban J connectivity index is 1.78. The van der Waals surface area contributed by atoms with Gasteiger partial charge in [-0.25, -0.2) is 0 Å². The molecule has 112 valence electrons. The molecule has 6 heteroatoms. The predicted octanol–water partition coefficient (Wildman–Crippen LogP) is 0.333. The van der Waals surface area contributed by atoms with Crippen molar-refractivity contribution in [1.82, 2.24) is 4.90 Å². The quantitative estimate of drug-likeness (QED) is 0.870. The van der Waals surface area contributed by atoms with E-state index >= 15 is 0 Å². The molecule has 3 rings (SSSR count). The molecule has 0 bridgehead atoms. The zero-order valence-corrected chi connectivity index (χ0v) is 11.9. The number of rotatable bonds is 3. The number of nitrogens with two attached hydrogens (primary N) is 1. The number of hydrogen-bond acceptors (Lipinski definition) is 4. The van der Waals surface area contributed by atoms with Crippen molar-refractivity contribution in [2.75, 3.05) is 20.3 Å². The standard InChI is InChI=1S/C15H18N2O4/c1-20-12-4-2-3-9-5-11(8-21-14(9)12)17-7-10(15(16)19)6-13(17)18/h2-4,10-11H,5-8H2,1H3,(H2,16,19). The molecule has 0 aromatic heterocycles. The lowest BCUT2D eigenvalue weighted by molar-refractivity contribution is -0.130. The summed E-state index contributed by atoms with van der Waals surface area (Å²) in [5, 5.41) is 0. The summed E-state index contributed by atoms with van der Waals surface area (Å²) < 4.78 is 11.1. The number of ether oxygens (including phenoxy) is 2. The summed E-state index contributed by atoms with van der Waals surface area (Å²) in [5.41, 5.74) is 6.32. The summed E-state index contributed by atoms with van der Waals surface area (Å²) in [6.45, 7) is 0.798. The Labute approximate surface area is 122 Å². The number of benzene rings is 1. The molecule has 2 unspecified atom stereocenters. The first kappa shape index (κ1) is 13.7. The van der Waals surface area contributed by atoms with E-state index in [2.05, 4.69) is 0 Å². The summed E-state index contributed by atoms with van der Waals surface area (Å²) in [7, 11) is 1.60. The van der Waals surface area contributed by atoms with Crippen molar-refractivity contribution in [3.05, 3.63) is 23.8 Å². The van der Waals surface area contributed by atoms with E-state index in [4.69, 9.17) is 15.2 Å². The normalized spacial score (nSPS) is 24.4. The number of amides is 2. The van der Waals surface area contributed by atoms with Crippen molar-refractivity contribution < 1.29 is 19.1 Å². The molecule has 0 aliphatic carbocycles. The Morgan fingerprint density at radius 1 is 1.43 bits per heavy atom. The molecule has 2 atom stereocenters. The van der Waals surface area contributed by atoms with Gasteiger partial charge in [-0.1, -0.05) is 12.1 Å². The largest absolute Gasteiger partial charge is 0.493 e. The van der Waals surface area contributed by atoms with Gasteiger partial charge in [-0.3, -0.25) is 9.59 Å². The van der Waals surface area contributed by atoms with Gasteiger partial charge in [-0.2, -0.15) is 0 Å². The fourth-order valence-corrected chi connectivity index (χ4v) is 3.01. The summed E-state index contributed by atoms with van der Waals surface area (Å²) in [6.07, 6.45) is 0.903. The van der Waals surface area contributed by atoms with Crippen molar-refractivity contribution >= 4 is 11.8 Å². The van der Waals surface area contributed by atoms with Gasteiger partial charge in [0.15, 0.2) is 11.5 Å². The maximum atomic E-state index is 12.1. The highest BCUT2D eigenvalue weighted by molar-refractivity contribution is 5.88. The topological polar surface area (TPSA) is 81.9 Å². The van der Waals surface area contributed by atoms with Gasteiger partial charge in [0.1, 0.15) is 6.61 Å². The van der Waals surface area contributed by atoms with Gasteiger partial charge in [0.2, 0.25) is 11.8 Å². The second-order valence-corrected chi connectivity index (χ2v) is 5.47. The van der Waals surface area contributed by atoms with Gasteiger partial charge in [0.25, 0.3) is 0 Å². The maximum Gasteiger partial charge on any atom is 0.223 e. The van der Waals surface area contributed by atoms with Gasteiger partial charge < -0.3 is 20.1 Å². The fraction of sp³-hybridized carbons (Fsp3) is 0.467. The lowest BCUT2D eigenvalue weighted by Gasteiger charge is -2.33. The highest BCUT2D eigenvalue weighted by Crippen LogP contribution is 2.36. The minimum atomic E-state index is -0.412. The molecule has 21 heavy (non-hydrogen) atoms. The van der Waals surface area contributed by atoms with Crippen molar-refractivity contribution in [2.45, 2.75) is 18.9 Å². The van der Waals surface area contributed by atoms with Crippen LogP contribution in [-0.4, -0.2) is 43.0 Å². The Morgan fingerprint density at radius 2 is 2.24 bits per heavy atom. The van der Waals surface area contributed by atoms with E-state index in [-0.39, 0.29) is 24.3 Å². The van der Waals surface area contributed by atoms with Crippen LogP contribution in [-0.2, 0) is 16.0 Å². The number of para-hydroxylation sites is 1. The third kappa shape index (κ3) is 2.41. The zero-order chi connectivity index (χ0) is 15.0. The summed E-state index contributed by atoms with van der Waals surface area (Å²) in [5.74, 6) is 0.621. The molecule has 2 heterocycles. The van der Waals surface area contributed by atoms with E-state index in [1.54, 1.807) is 12.0 Å². The van der Waals surface area contributed by atoms with Crippen molar-refractivity contribution in [3.63, 3.8) is 0 Å². The minimum absolute atomic E-state index is 0.0289. The Bertz CT molecular complexity index is 587. The van der Waals surface area contributed by atoms with E-state index in [0.717, 1.165) is 11.3 Å². The Hall–Kier alpha value is -2.24. The molecule has 2 aliphatic heterocycles. The lowest BCUT2D eigenvalue weighted by atomic mass is 10.0. The van der Waals surface area contributed by atoms with Gasteiger partial charge in [0.05, 0.1) is 19.1 Å². The molecule has 1 saturated heterocycles. The fourth-order valence-electron chi connectivity index (χ4n) is 3.01. The molecule has 2 aliphatic rings. The Kier molecular flexibility index (Phi) is 3.45. The van der Waals surface area contributed by atoms with E-state index < -0.39 is 5.91 Å². The molecule has 0 radical (unpaired) electrons. The van der Waals surface area contributed by atoms with Crippen LogP contribution in [0.5, 0.6) is 11.5 Å². The third-order valence-corrected chi connectivity index (χ3v) is 4.16. The molecule has 2 amide bonds. The molecule has 0 saturated carbocycles. The zero-order valence-electron chi connectivity index (χ0n) is 11.9. The molecule has 1 aromatic rings. The molecule has 1 aromatic carbocycles. The van der Waals surface area contributed by atoms with Crippen LogP contribution in [0.2, 0.25) is 0 Å². The van der Waals surface area contributed by atoms with Gasteiger partial charge >= 0.3 is 0 Å². The molecule has 0 spiro atoms. The second-order valence-electron chi connectivity index (χ2n) is 5.47. The van der Waals surface area contributed by atoms with Crippen LogP contribution in [0.15, 0.2) is 18.2 Å². The number of nitrogens with zero attached hydrogens (tertiary/aromatic N) is 1.